The first-order valence-corrected chi connectivity index (χ1v) is 7.03. The van der Waals surface area contributed by atoms with E-state index in [2.05, 4.69) is 4.98 Å². The van der Waals surface area contributed by atoms with E-state index in [0.29, 0.717) is 44.1 Å². The van der Waals surface area contributed by atoms with Crippen molar-refractivity contribution < 1.29 is 23.7 Å². The first-order valence-electron chi connectivity index (χ1n) is 7.03. The third kappa shape index (κ3) is 1.98. The molecule has 0 unspecified atom stereocenters. The van der Waals surface area contributed by atoms with E-state index in [1.807, 2.05) is 12.1 Å². The van der Waals surface area contributed by atoms with Crippen molar-refractivity contribution in [2.45, 2.75) is 0 Å². The lowest BCUT2D eigenvalue weighted by Gasteiger charge is -2.19. The molecule has 0 aliphatic carbocycles. The van der Waals surface area contributed by atoms with Crippen molar-refractivity contribution in [1.29, 1.82) is 0 Å². The molecule has 1 aromatic heterocycles. The molecule has 122 valence electrons. The quantitative estimate of drug-likeness (QED) is 0.497. The van der Waals surface area contributed by atoms with E-state index in [1.165, 1.54) is 0 Å². The molecule has 3 aliphatic rings. The number of halogens is 1. The van der Waals surface area contributed by atoms with Crippen LogP contribution in [0.2, 0.25) is 0 Å². The average molecular weight is 347 g/mol. The first kappa shape index (κ1) is 14.6. The van der Waals surface area contributed by atoms with Gasteiger partial charge in [-0.1, -0.05) is 6.07 Å². The molecular weight excluding hydrogens is 336 g/mol. The summed E-state index contributed by atoms with van der Waals surface area (Å²) in [5.74, 6) is 1.81. The second-order valence-corrected chi connectivity index (χ2v) is 5.16. The molecule has 0 radical (unpaired) electrons. The number of benzene rings is 2. The summed E-state index contributed by atoms with van der Waals surface area (Å²) in [6, 6.07) is 10.7. The highest BCUT2D eigenvalue weighted by atomic mass is 35.5. The van der Waals surface area contributed by atoms with Crippen LogP contribution in [0.25, 0.3) is 22.2 Å². The Balaban J connectivity index is 0.00000146. The topological polar surface area (TPSA) is 76.8 Å². The van der Waals surface area contributed by atoms with Gasteiger partial charge < -0.3 is 24.2 Å². The molecular formula is C16H11ClN2O5. The summed E-state index contributed by atoms with van der Waals surface area (Å²) in [5.41, 5.74) is 1.73. The van der Waals surface area contributed by atoms with Crippen molar-refractivity contribution >= 4 is 23.3 Å². The monoisotopic (exact) mass is 346 g/mol. The van der Waals surface area contributed by atoms with Gasteiger partial charge in [-0.15, -0.1) is 12.4 Å². The molecule has 0 atom stereocenters. The number of hydrogen-bond donors (Lipinski definition) is 0. The fourth-order valence-corrected chi connectivity index (χ4v) is 2.86. The summed E-state index contributed by atoms with van der Waals surface area (Å²) in [5, 5.41) is 13.3. The second kappa shape index (κ2) is 5.31. The molecule has 0 saturated carbocycles. The number of fused-ring (bicyclic) bond motifs is 4. The molecule has 7 nitrogen and oxygen atoms in total. The minimum Gasteiger partial charge on any atom is -0.708 e. The standard InChI is InChI=1S/C16H10N2O5.ClH/c19-18-15(9-4-5-11-13(6-9)22-7-20-11)14-10-2-1-3-12(14)21-8-23-16(18)17-10;/h1-6H,7-8H2;1H. The maximum absolute atomic E-state index is 12.7. The molecule has 3 aliphatic heterocycles. The zero-order chi connectivity index (χ0) is 15.4. The predicted octanol–water partition coefficient (Wildman–Crippen LogP) is 2.41. The SMILES string of the molecule is Cl.[O-][n+]1c2nc3cccc(c3c1-c1ccc3c(c1)OCO3)OCO2. The van der Waals surface area contributed by atoms with Crippen LogP contribution in [0.4, 0.5) is 0 Å². The third-order valence-electron chi connectivity index (χ3n) is 3.88. The van der Waals surface area contributed by atoms with Crippen LogP contribution >= 0.6 is 12.4 Å². The van der Waals surface area contributed by atoms with Crippen LogP contribution < -0.4 is 23.7 Å². The van der Waals surface area contributed by atoms with Crippen molar-refractivity contribution in [3.63, 3.8) is 0 Å². The van der Waals surface area contributed by atoms with Gasteiger partial charge in [0, 0.05) is 5.56 Å². The van der Waals surface area contributed by atoms with E-state index in [0.717, 1.165) is 0 Å². The zero-order valence-electron chi connectivity index (χ0n) is 12.2. The molecule has 0 spiro atoms. The minimum absolute atomic E-state index is 0. The van der Waals surface area contributed by atoms with Gasteiger partial charge in [0.2, 0.25) is 13.6 Å². The van der Waals surface area contributed by atoms with Crippen molar-refractivity contribution in [2.75, 3.05) is 13.6 Å². The van der Waals surface area contributed by atoms with E-state index in [4.69, 9.17) is 18.9 Å². The summed E-state index contributed by atoms with van der Waals surface area (Å²) in [6.07, 6.45) is 0. The fourth-order valence-electron chi connectivity index (χ4n) is 2.86. The van der Waals surface area contributed by atoms with Crippen molar-refractivity contribution in [1.82, 2.24) is 4.98 Å². The van der Waals surface area contributed by atoms with Gasteiger partial charge in [0.15, 0.2) is 22.7 Å². The molecule has 8 heteroatoms. The van der Waals surface area contributed by atoms with Gasteiger partial charge in [0.05, 0.1) is 0 Å². The molecule has 0 N–H and O–H groups in total. The Hall–Kier alpha value is -2.93. The van der Waals surface area contributed by atoms with Crippen molar-refractivity contribution in [2.24, 2.45) is 0 Å². The van der Waals surface area contributed by atoms with E-state index >= 15 is 0 Å². The number of hydrogen-bond acceptors (Lipinski definition) is 6. The summed E-state index contributed by atoms with van der Waals surface area (Å²) in [4.78, 5) is 4.26. The zero-order valence-corrected chi connectivity index (χ0v) is 13.0. The van der Waals surface area contributed by atoms with Crippen LogP contribution in [0.5, 0.6) is 23.3 Å². The number of aromatic nitrogens is 2. The molecule has 24 heavy (non-hydrogen) atoms. The molecule has 2 aromatic carbocycles. The summed E-state index contributed by atoms with van der Waals surface area (Å²) in [7, 11) is 0. The summed E-state index contributed by atoms with van der Waals surface area (Å²) >= 11 is 0. The Bertz CT molecular complexity index is 963. The molecule has 4 bridgehead atoms. The Labute approximate surface area is 142 Å². The highest BCUT2D eigenvalue weighted by Gasteiger charge is 2.27. The summed E-state index contributed by atoms with van der Waals surface area (Å²) in [6.45, 7) is 0.123. The largest absolute Gasteiger partial charge is 0.708 e. The fraction of sp³-hybridized carbons (Fsp3) is 0.125. The van der Waals surface area contributed by atoms with Gasteiger partial charge in [-0.25, -0.2) is 0 Å². The van der Waals surface area contributed by atoms with E-state index < -0.39 is 0 Å². The Morgan fingerprint density at radius 2 is 1.71 bits per heavy atom. The van der Waals surface area contributed by atoms with Gasteiger partial charge in [-0.2, -0.15) is 4.73 Å². The Morgan fingerprint density at radius 3 is 2.62 bits per heavy atom. The van der Waals surface area contributed by atoms with Crippen LogP contribution in [0, 0.1) is 5.21 Å². The van der Waals surface area contributed by atoms with Crippen molar-refractivity contribution in [3.8, 4) is 34.5 Å². The lowest BCUT2D eigenvalue weighted by Crippen LogP contribution is -2.35. The van der Waals surface area contributed by atoms with Crippen LogP contribution in [-0.4, -0.2) is 18.6 Å². The van der Waals surface area contributed by atoms with Crippen LogP contribution in [0.3, 0.4) is 0 Å². The lowest BCUT2D eigenvalue weighted by atomic mass is 10.0. The second-order valence-electron chi connectivity index (χ2n) is 5.16. The van der Waals surface area contributed by atoms with Gasteiger partial charge in [0.25, 0.3) is 0 Å². The predicted molar refractivity (Wildman–Crippen MR) is 85.6 cm³/mol. The van der Waals surface area contributed by atoms with Gasteiger partial charge in [0.1, 0.15) is 11.1 Å². The third-order valence-corrected chi connectivity index (χ3v) is 3.88. The average Bonchev–Trinajstić information content (AvgIpc) is 3.02. The molecule has 0 saturated heterocycles. The van der Waals surface area contributed by atoms with E-state index in [-0.39, 0.29) is 32.0 Å². The van der Waals surface area contributed by atoms with Crippen LogP contribution in [-0.2, 0) is 0 Å². The smallest absolute Gasteiger partial charge is 0.505 e. The van der Waals surface area contributed by atoms with E-state index in [9.17, 15) is 5.21 Å². The van der Waals surface area contributed by atoms with Crippen molar-refractivity contribution in [3.05, 3.63) is 41.6 Å². The number of rotatable bonds is 1. The highest BCUT2D eigenvalue weighted by Crippen LogP contribution is 2.39. The minimum atomic E-state index is -0.0531. The molecule has 3 aromatic rings. The normalized spacial score (nSPS) is 13.8. The lowest BCUT2D eigenvalue weighted by molar-refractivity contribution is -0.604. The molecule has 0 fully saturated rings. The molecule has 0 amide bonds. The summed E-state index contributed by atoms with van der Waals surface area (Å²) < 4.78 is 22.3. The van der Waals surface area contributed by atoms with Crippen LogP contribution in [0.15, 0.2) is 36.4 Å². The Morgan fingerprint density at radius 1 is 0.917 bits per heavy atom. The highest BCUT2D eigenvalue weighted by molar-refractivity contribution is 5.96. The molecule has 4 heterocycles. The van der Waals surface area contributed by atoms with Crippen LogP contribution in [0.1, 0.15) is 0 Å². The first-order chi connectivity index (χ1) is 11.3. The Kier molecular flexibility index (Phi) is 3.24. The van der Waals surface area contributed by atoms with E-state index in [1.54, 1.807) is 24.3 Å². The number of nitrogens with zero attached hydrogens (tertiary/aromatic N) is 2. The number of ether oxygens (including phenoxy) is 4. The van der Waals surface area contributed by atoms with Gasteiger partial charge >= 0.3 is 6.01 Å². The maximum atomic E-state index is 12.7. The van der Waals surface area contributed by atoms with Gasteiger partial charge in [-0.05, 0) is 35.3 Å². The maximum Gasteiger partial charge on any atom is 0.505 e. The molecule has 6 rings (SSSR count). The van der Waals surface area contributed by atoms with Gasteiger partial charge in [-0.3, -0.25) is 0 Å².